The second-order valence-electron chi connectivity index (χ2n) is 5.62. The van der Waals surface area contributed by atoms with E-state index in [4.69, 9.17) is 16.3 Å². The molecule has 6 heteroatoms. The molecule has 1 aliphatic rings. The monoisotopic (exact) mass is 298 g/mol. The highest BCUT2D eigenvalue weighted by Gasteiger charge is 2.49. The first-order valence-corrected chi connectivity index (χ1v) is 7.06. The Labute approximate surface area is 123 Å². The number of nitro benzene ring substituents is 1. The molecule has 5 nitrogen and oxygen atoms in total. The molecule has 2 unspecified atom stereocenters. The van der Waals surface area contributed by atoms with E-state index in [1.807, 2.05) is 6.92 Å². The fraction of sp³-hybridized carbons (Fsp3) is 0.571. The van der Waals surface area contributed by atoms with Crippen molar-refractivity contribution in [2.75, 3.05) is 11.9 Å². The number of nitrogens with one attached hydrogen (secondary N) is 1. The smallest absolute Gasteiger partial charge is 0.293 e. The summed E-state index contributed by atoms with van der Waals surface area (Å²) in [5, 5.41) is 14.7. The van der Waals surface area contributed by atoms with Gasteiger partial charge in [0.15, 0.2) is 0 Å². The molecule has 0 aromatic heterocycles. The summed E-state index contributed by atoms with van der Waals surface area (Å²) in [5.74, 6) is 0. The molecule has 1 aliphatic carbocycles. The minimum absolute atomic E-state index is 0.00756. The third-order valence-electron chi connectivity index (χ3n) is 4.03. The SMILES string of the molecule is CCOC1CC(Nc2ccc(Cl)cc2[N+](=O)[O-])C1(C)C. The number of halogens is 1. The summed E-state index contributed by atoms with van der Waals surface area (Å²) in [5.41, 5.74) is 0.462. The summed E-state index contributed by atoms with van der Waals surface area (Å²) in [6, 6.07) is 4.84. The lowest BCUT2D eigenvalue weighted by Crippen LogP contribution is -2.58. The fourth-order valence-electron chi connectivity index (χ4n) is 2.58. The largest absolute Gasteiger partial charge is 0.378 e. The summed E-state index contributed by atoms with van der Waals surface area (Å²) in [6.07, 6.45) is 1.04. The lowest BCUT2D eigenvalue weighted by atomic mass is 9.64. The van der Waals surface area contributed by atoms with E-state index in [9.17, 15) is 10.1 Å². The van der Waals surface area contributed by atoms with Gasteiger partial charge in [0.25, 0.3) is 5.69 Å². The number of hydrogen-bond acceptors (Lipinski definition) is 4. The van der Waals surface area contributed by atoms with Gasteiger partial charge in [-0.25, -0.2) is 0 Å². The highest BCUT2D eigenvalue weighted by molar-refractivity contribution is 6.30. The third-order valence-corrected chi connectivity index (χ3v) is 4.27. The van der Waals surface area contributed by atoms with Gasteiger partial charge in [-0.2, -0.15) is 0 Å². The van der Waals surface area contributed by atoms with Crippen molar-refractivity contribution in [2.45, 2.75) is 39.3 Å². The van der Waals surface area contributed by atoms with Gasteiger partial charge in [0.2, 0.25) is 0 Å². The van der Waals surface area contributed by atoms with Crippen molar-refractivity contribution in [2.24, 2.45) is 5.41 Å². The molecular weight excluding hydrogens is 280 g/mol. The van der Waals surface area contributed by atoms with E-state index in [0.717, 1.165) is 6.42 Å². The Kier molecular flexibility index (Phi) is 4.20. The first kappa shape index (κ1) is 15.1. The van der Waals surface area contributed by atoms with Gasteiger partial charge >= 0.3 is 0 Å². The first-order chi connectivity index (χ1) is 9.36. The van der Waals surface area contributed by atoms with Crippen LogP contribution in [0.25, 0.3) is 0 Å². The number of nitro groups is 1. The summed E-state index contributed by atoms with van der Waals surface area (Å²) in [7, 11) is 0. The van der Waals surface area contributed by atoms with Crippen molar-refractivity contribution in [1.29, 1.82) is 0 Å². The van der Waals surface area contributed by atoms with Crippen LogP contribution in [0.5, 0.6) is 0 Å². The van der Waals surface area contributed by atoms with Crippen molar-refractivity contribution in [1.82, 2.24) is 0 Å². The first-order valence-electron chi connectivity index (χ1n) is 6.68. The second-order valence-corrected chi connectivity index (χ2v) is 6.05. The minimum Gasteiger partial charge on any atom is -0.378 e. The third kappa shape index (κ3) is 2.74. The van der Waals surface area contributed by atoms with Gasteiger partial charge in [0.05, 0.1) is 11.0 Å². The molecule has 2 atom stereocenters. The molecule has 0 spiro atoms. The van der Waals surface area contributed by atoms with Crippen molar-refractivity contribution >= 4 is 23.0 Å². The Bertz CT molecular complexity index is 519. The molecule has 1 N–H and O–H groups in total. The van der Waals surface area contributed by atoms with Crippen LogP contribution in [-0.4, -0.2) is 23.7 Å². The van der Waals surface area contributed by atoms with E-state index in [1.54, 1.807) is 12.1 Å². The van der Waals surface area contributed by atoms with Crippen LogP contribution in [-0.2, 0) is 4.74 Å². The van der Waals surface area contributed by atoms with Gasteiger partial charge in [0.1, 0.15) is 5.69 Å². The summed E-state index contributed by atoms with van der Waals surface area (Å²) < 4.78 is 5.66. The average Bonchev–Trinajstić information content (AvgIpc) is 2.39. The number of ether oxygens (including phenoxy) is 1. The molecule has 20 heavy (non-hydrogen) atoms. The van der Waals surface area contributed by atoms with E-state index < -0.39 is 4.92 Å². The van der Waals surface area contributed by atoms with Gasteiger partial charge in [-0.15, -0.1) is 0 Å². The zero-order chi connectivity index (χ0) is 14.9. The molecule has 1 fully saturated rings. The zero-order valence-electron chi connectivity index (χ0n) is 11.9. The molecule has 110 valence electrons. The number of anilines is 1. The van der Waals surface area contributed by atoms with Crippen LogP contribution in [0.2, 0.25) is 5.02 Å². The maximum atomic E-state index is 11.1. The molecule has 0 aliphatic heterocycles. The van der Waals surface area contributed by atoms with Gasteiger partial charge in [0, 0.05) is 29.2 Å². The predicted molar refractivity (Wildman–Crippen MR) is 79.3 cm³/mol. The lowest BCUT2D eigenvalue weighted by Gasteiger charge is -2.51. The lowest BCUT2D eigenvalue weighted by molar-refractivity contribution is -0.384. The molecule has 1 aromatic carbocycles. The van der Waals surface area contributed by atoms with Crippen molar-refractivity contribution in [3.63, 3.8) is 0 Å². The summed E-state index contributed by atoms with van der Waals surface area (Å²) in [4.78, 5) is 10.7. The highest BCUT2D eigenvalue weighted by atomic mass is 35.5. The maximum absolute atomic E-state index is 11.1. The molecule has 0 saturated heterocycles. The molecule has 0 amide bonds. The molecular formula is C14H19ClN2O3. The molecule has 0 radical (unpaired) electrons. The zero-order valence-corrected chi connectivity index (χ0v) is 12.6. The van der Waals surface area contributed by atoms with Gasteiger partial charge in [-0.3, -0.25) is 10.1 Å². The molecule has 2 rings (SSSR count). The molecule has 0 bridgehead atoms. The van der Waals surface area contributed by atoms with Gasteiger partial charge < -0.3 is 10.1 Å². The topological polar surface area (TPSA) is 64.4 Å². The maximum Gasteiger partial charge on any atom is 0.293 e. The molecule has 1 saturated carbocycles. The number of rotatable bonds is 5. The van der Waals surface area contributed by atoms with Crippen LogP contribution in [0.1, 0.15) is 27.2 Å². The fourth-order valence-corrected chi connectivity index (χ4v) is 2.75. The Hall–Kier alpha value is -1.33. The van der Waals surface area contributed by atoms with Crippen molar-refractivity contribution < 1.29 is 9.66 Å². The Balaban J connectivity index is 2.14. The van der Waals surface area contributed by atoms with Crippen molar-refractivity contribution in [3.05, 3.63) is 33.3 Å². The van der Waals surface area contributed by atoms with Crippen LogP contribution in [0.3, 0.4) is 0 Å². The Morgan fingerprint density at radius 2 is 2.25 bits per heavy atom. The van der Waals surface area contributed by atoms with Crippen LogP contribution >= 0.6 is 11.6 Å². The quantitative estimate of drug-likeness (QED) is 0.662. The minimum atomic E-state index is -0.417. The van der Waals surface area contributed by atoms with E-state index in [2.05, 4.69) is 19.2 Å². The van der Waals surface area contributed by atoms with E-state index in [1.165, 1.54) is 6.07 Å². The normalized spacial score (nSPS) is 24.0. The highest BCUT2D eigenvalue weighted by Crippen LogP contribution is 2.45. The standard InChI is InChI=1S/C14H19ClN2O3/c1-4-20-13-8-12(14(13,2)3)16-10-6-5-9(15)7-11(10)17(18)19/h5-7,12-13,16H,4,8H2,1-3H3. The molecule has 1 aromatic rings. The van der Waals surface area contributed by atoms with Gasteiger partial charge in [-0.05, 0) is 25.5 Å². The Morgan fingerprint density at radius 1 is 1.55 bits per heavy atom. The Morgan fingerprint density at radius 3 is 2.80 bits per heavy atom. The van der Waals surface area contributed by atoms with E-state index >= 15 is 0 Å². The number of nitrogens with zero attached hydrogens (tertiary/aromatic N) is 1. The van der Waals surface area contributed by atoms with Gasteiger partial charge in [-0.1, -0.05) is 25.4 Å². The van der Waals surface area contributed by atoms with Crippen molar-refractivity contribution in [3.8, 4) is 0 Å². The van der Waals surface area contributed by atoms with E-state index in [-0.39, 0.29) is 23.2 Å². The summed E-state index contributed by atoms with van der Waals surface area (Å²) in [6.45, 7) is 6.87. The van der Waals surface area contributed by atoms with Crippen LogP contribution in [0.4, 0.5) is 11.4 Å². The van der Waals surface area contributed by atoms with Crippen LogP contribution in [0, 0.1) is 15.5 Å². The predicted octanol–water partition coefficient (Wildman–Crippen LogP) is 3.86. The second kappa shape index (κ2) is 5.58. The number of benzene rings is 1. The van der Waals surface area contributed by atoms with Crippen LogP contribution in [0.15, 0.2) is 18.2 Å². The van der Waals surface area contributed by atoms with E-state index in [0.29, 0.717) is 17.3 Å². The van der Waals surface area contributed by atoms with Crippen LogP contribution < -0.4 is 5.32 Å². The number of hydrogen-bond donors (Lipinski definition) is 1. The average molecular weight is 299 g/mol. The molecule has 0 heterocycles. The summed E-state index contributed by atoms with van der Waals surface area (Å²) >= 11 is 5.81.